The van der Waals surface area contributed by atoms with Gasteiger partial charge in [0.1, 0.15) is 5.75 Å². The normalized spacial score (nSPS) is 19.8. The van der Waals surface area contributed by atoms with Crippen LogP contribution >= 0.6 is 12.4 Å². The monoisotopic (exact) mass is 374 g/mol. The largest absolute Gasteiger partial charge is 0.497 e. The van der Waals surface area contributed by atoms with Crippen LogP contribution in [0, 0.1) is 12.8 Å². The predicted octanol–water partition coefficient (Wildman–Crippen LogP) is 2.58. The van der Waals surface area contributed by atoms with E-state index in [4.69, 9.17) is 4.74 Å². The number of hydrogen-bond acceptors (Lipinski definition) is 4. The van der Waals surface area contributed by atoms with E-state index in [9.17, 15) is 8.42 Å². The second-order valence-corrected chi connectivity index (χ2v) is 8.57. The molecule has 1 heterocycles. The quantitative estimate of drug-likeness (QED) is 0.831. The summed E-state index contributed by atoms with van der Waals surface area (Å²) in [6, 6.07) is 5.60. The third-order valence-electron chi connectivity index (χ3n) is 4.85. The molecule has 0 spiro atoms. The summed E-state index contributed by atoms with van der Waals surface area (Å²) in [4.78, 5) is 0.391. The molecule has 0 atom stereocenters. The van der Waals surface area contributed by atoms with Crippen LogP contribution in [0.1, 0.15) is 31.2 Å². The van der Waals surface area contributed by atoms with Gasteiger partial charge in [-0.05, 0) is 68.8 Å². The zero-order valence-corrected chi connectivity index (χ0v) is 16.0. The Morgan fingerprint density at radius 1 is 1.21 bits per heavy atom. The lowest BCUT2D eigenvalue weighted by molar-refractivity contribution is 0.288. The summed E-state index contributed by atoms with van der Waals surface area (Å²) in [7, 11) is -1.82. The minimum Gasteiger partial charge on any atom is -0.497 e. The van der Waals surface area contributed by atoms with E-state index in [2.05, 4.69) is 5.32 Å². The van der Waals surface area contributed by atoms with Gasteiger partial charge in [0, 0.05) is 19.1 Å². The van der Waals surface area contributed by atoms with Crippen LogP contribution in [0.15, 0.2) is 23.1 Å². The highest BCUT2D eigenvalue weighted by Crippen LogP contribution is 2.29. The third kappa shape index (κ3) is 4.42. The van der Waals surface area contributed by atoms with Gasteiger partial charge in [0.05, 0.1) is 12.0 Å². The molecule has 1 saturated carbocycles. The average Bonchev–Trinajstić information content (AvgIpc) is 3.37. The number of nitrogens with zero attached hydrogens (tertiary/aromatic N) is 1. The molecule has 0 aromatic heterocycles. The Bertz CT molecular complexity index is 654. The van der Waals surface area contributed by atoms with E-state index in [-0.39, 0.29) is 12.4 Å². The fourth-order valence-corrected chi connectivity index (χ4v) is 4.81. The van der Waals surface area contributed by atoms with Crippen molar-refractivity contribution in [1.29, 1.82) is 0 Å². The van der Waals surface area contributed by atoms with Crippen LogP contribution in [-0.2, 0) is 10.0 Å². The first kappa shape index (κ1) is 19.5. The molecule has 1 aliphatic carbocycles. The molecule has 7 heteroatoms. The number of rotatable bonds is 6. The number of methoxy groups -OCH3 is 1. The Hall–Kier alpha value is -0.820. The van der Waals surface area contributed by atoms with E-state index < -0.39 is 10.0 Å². The highest BCUT2D eigenvalue weighted by molar-refractivity contribution is 7.89. The van der Waals surface area contributed by atoms with Crippen LogP contribution in [0.3, 0.4) is 0 Å². The van der Waals surface area contributed by atoms with Gasteiger partial charge in [0.2, 0.25) is 10.0 Å². The van der Waals surface area contributed by atoms with Crippen molar-refractivity contribution >= 4 is 22.4 Å². The second kappa shape index (κ2) is 8.04. The highest BCUT2D eigenvalue weighted by Gasteiger charge is 2.31. The van der Waals surface area contributed by atoms with Crippen LogP contribution in [-0.4, -0.2) is 45.5 Å². The SMILES string of the molecule is COc1ccc(S(=O)(=O)N2CCC(NCC3CC3)CC2)c(C)c1.Cl. The summed E-state index contributed by atoms with van der Waals surface area (Å²) < 4.78 is 32.5. The van der Waals surface area contributed by atoms with Crippen molar-refractivity contribution in [3.05, 3.63) is 23.8 Å². The van der Waals surface area contributed by atoms with Gasteiger partial charge in [0.15, 0.2) is 0 Å². The van der Waals surface area contributed by atoms with Crippen molar-refractivity contribution in [3.63, 3.8) is 0 Å². The molecule has 1 N–H and O–H groups in total. The molecule has 0 radical (unpaired) electrons. The summed E-state index contributed by atoms with van der Waals surface area (Å²) in [5, 5.41) is 3.58. The maximum atomic E-state index is 12.9. The molecule has 3 rings (SSSR count). The molecule has 1 aromatic carbocycles. The lowest BCUT2D eigenvalue weighted by Gasteiger charge is -2.32. The number of halogens is 1. The Labute approximate surface area is 151 Å². The number of piperidine rings is 1. The van der Waals surface area contributed by atoms with Crippen LogP contribution in [0.25, 0.3) is 0 Å². The summed E-state index contributed by atoms with van der Waals surface area (Å²) in [6.07, 6.45) is 4.47. The minimum atomic E-state index is -3.41. The number of aryl methyl sites for hydroxylation is 1. The Morgan fingerprint density at radius 3 is 2.42 bits per heavy atom. The van der Waals surface area contributed by atoms with Crippen molar-refractivity contribution < 1.29 is 13.2 Å². The van der Waals surface area contributed by atoms with Gasteiger partial charge in [0.25, 0.3) is 0 Å². The highest BCUT2D eigenvalue weighted by atomic mass is 35.5. The number of ether oxygens (including phenoxy) is 1. The maximum absolute atomic E-state index is 12.9. The van der Waals surface area contributed by atoms with E-state index in [1.807, 2.05) is 6.92 Å². The molecule has 1 saturated heterocycles. The Kier molecular flexibility index (Phi) is 6.53. The molecule has 1 aliphatic heterocycles. The van der Waals surface area contributed by atoms with Crippen LogP contribution in [0.4, 0.5) is 0 Å². The fourth-order valence-electron chi connectivity index (χ4n) is 3.13. The lowest BCUT2D eigenvalue weighted by atomic mass is 10.1. The molecule has 136 valence electrons. The smallest absolute Gasteiger partial charge is 0.243 e. The van der Waals surface area contributed by atoms with Gasteiger partial charge in [-0.25, -0.2) is 8.42 Å². The Balaban J connectivity index is 0.00000208. The zero-order valence-electron chi connectivity index (χ0n) is 14.3. The third-order valence-corrected chi connectivity index (χ3v) is 6.90. The summed E-state index contributed by atoms with van der Waals surface area (Å²) in [6.45, 7) is 4.10. The van der Waals surface area contributed by atoms with Crippen LogP contribution in [0.5, 0.6) is 5.75 Å². The van der Waals surface area contributed by atoms with Gasteiger partial charge in [-0.3, -0.25) is 0 Å². The first-order valence-corrected chi connectivity index (χ1v) is 9.83. The number of benzene rings is 1. The lowest BCUT2D eigenvalue weighted by Crippen LogP contribution is -2.45. The first-order valence-electron chi connectivity index (χ1n) is 8.39. The van der Waals surface area contributed by atoms with Crippen molar-refractivity contribution in [1.82, 2.24) is 9.62 Å². The van der Waals surface area contributed by atoms with Crippen LogP contribution < -0.4 is 10.1 Å². The van der Waals surface area contributed by atoms with Gasteiger partial charge < -0.3 is 10.1 Å². The summed E-state index contributed by atoms with van der Waals surface area (Å²) in [5.41, 5.74) is 0.735. The Morgan fingerprint density at radius 2 is 1.88 bits per heavy atom. The van der Waals surface area contributed by atoms with Gasteiger partial charge in [-0.2, -0.15) is 4.31 Å². The van der Waals surface area contributed by atoms with Crippen molar-refractivity contribution in [2.24, 2.45) is 5.92 Å². The molecule has 5 nitrogen and oxygen atoms in total. The van der Waals surface area contributed by atoms with E-state index in [0.29, 0.717) is 29.8 Å². The molecule has 0 amide bonds. The molecule has 1 aromatic rings. The predicted molar refractivity (Wildman–Crippen MR) is 97.5 cm³/mol. The maximum Gasteiger partial charge on any atom is 0.243 e. The van der Waals surface area contributed by atoms with E-state index in [1.54, 1.807) is 29.6 Å². The number of sulfonamides is 1. The van der Waals surface area contributed by atoms with E-state index >= 15 is 0 Å². The van der Waals surface area contributed by atoms with E-state index in [0.717, 1.165) is 30.9 Å². The van der Waals surface area contributed by atoms with Gasteiger partial charge >= 0.3 is 0 Å². The molecule has 2 fully saturated rings. The number of nitrogens with one attached hydrogen (secondary N) is 1. The standard InChI is InChI=1S/C17H26N2O3S.ClH/c1-13-11-16(22-2)5-6-17(13)23(20,21)19-9-7-15(8-10-19)18-12-14-3-4-14;/h5-6,11,14-15,18H,3-4,7-10,12H2,1-2H3;1H. The first-order chi connectivity index (χ1) is 11.0. The summed E-state index contributed by atoms with van der Waals surface area (Å²) >= 11 is 0. The van der Waals surface area contributed by atoms with Crippen molar-refractivity contribution in [2.75, 3.05) is 26.7 Å². The fraction of sp³-hybridized carbons (Fsp3) is 0.647. The van der Waals surface area contributed by atoms with Gasteiger partial charge in [-0.1, -0.05) is 0 Å². The number of hydrogen-bond donors (Lipinski definition) is 1. The second-order valence-electron chi connectivity index (χ2n) is 6.66. The summed E-state index contributed by atoms with van der Waals surface area (Å²) in [5.74, 6) is 1.54. The van der Waals surface area contributed by atoms with Crippen molar-refractivity contribution in [3.8, 4) is 5.75 Å². The molecular formula is C17H27ClN2O3S. The molecular weight excluding hydrogens is 348 g/mol. The zero-order chi connectivity index (χ0) is 16.4. The van der Waals surface area contributed by atoms with Gasteiger partial charge in [-0.15, -0.1) is 12.4 Å². The molecule has 0 bridgehead atoms. The average molecular weight is 375 g/mol. The molecule has 24 heavy (non-hydrogen) atoms. The van der Waals surface area contributed by atoms with Crippen LogP contribution in [0.2, 0.25) is 0 Å². The topological polar surface area (TPSA) is 58.6 Å². The minimum absolute atomic E-state index is 0. The molecule has 2 aliphatic rings. The molecule has 0 unspecified atom stereocenters. The van der Waals surface area contributed by atoms with Crippen molar-refractivity contribution in [2.45, 2.75) is 43.5 Å². The van der Waals surface area contributed by atoms with E-state index in [1.165, 1.54) is 12.8 Å².